The molecule has 0 saturated heterocycles. The van der Waals surface area contributed by atoms with E-state index in [1.54, 1.807) is 14.0 Å². The fourth-order valence-electron chi connectivity index (χ4n) is 1.29. The standard InChI is InChI=1S/C9H10ClN5O2S/c1-6-3-8(10)13-9(12-6)14-18(16,17)7-4-11-15(2)5-7/h3-5H,1-2H3,(H,12,13,14). The minimum absolute atomic E-state index is 0.0335. The summed E-state index contributed by atoms with van der Waals surface area (Å²) in [6, 6.07) is 1.53. The second-order valence-electron chi connectivity index (χ2n) is 3.61. The zero-order valence-corrected chi connectivity index (χ0v) is 11.2. The maximum Gasteiger partial charge on any atom is 0.267 e. The summed E-state index contributed by atoms with van der Waals surface area (Å²) < 4.78 is 27.5. The van der Waals surface area contributed by atoms with Crippen LogP contribution in [0.5, 0.6) is 0 Å². The molecule has 0 aromatic carbocycles. The van der Waals surface area contributed by atoms with Gasteiger partial charge in [-0.3, -0.25) is 4.68 Å². The molecule has 9 heteroatoms. The van der Waals surface area contributed by atoms with Gasteiger partial charge in [-0.05, 0) is 13.0 Å². The Morgan fingerprint density at radius 3 is 2.67 bits per heavy atom. The highest BCUT2D eigenvalue weighted by Gasteiger charge is 2.17. The summed E-state index contributed by atoms with van der Waals surface area (Å²) in [6.45, 7) is 1.69. The van der Waals surface area contributed by atoms with E-state index < -0.39 is 10.0 Å². The number of halogens is 1. The van der Waals surface area contributed by atoms with Crippen molar-refractivity contribution in [2.75, 3.05) is 4.72 Å². The summed E-state index contributed by atoms with van der Waals surface area (Å²) in [5.74, 6) is -0.0659. The van der Waals surface area contributed by atoms with E-state index in [-0.39, 0.29) is 16.0 Å². The summed E-state index contributed by atoms with van der Waals surface area (Å²) in [7, 11) is -2.12. The second-order valence-corrected chi connectivity index (χ2v) is 5.68. The van der Waals surface area contributed by atoms with Gasteiger partial charge in [0, 0.05) is 18.9 Å². The fourth-order valence-corrected chi connectivity index (χ4v) is 2.46. The lowest BCUT2D eigenvalue weighted by atomic mass is 10.5. The van der Waals surface area contributed by atoms with E-state index in [9.17, 15) is 8.42 Å². The van der Waals surface area contributed by atoms with Crippen molar-refractivity contribution in [2.24, 2.45) is 7.05 Å². The van der Waals surface area contributed by atoms with Crippen LogP contribution in [0.4, 0.5) is 5.95 Å². The number of aromatic nitrogens is 4. The molecule has 96 valence electrons. The quantitative estimate of drug-likeness (QED) is 0.850. The number of anilines is 1. The number of rotatable bonds is 3. The molecule has 0 bridgehead atoms. The van der Waals surface area contributed by atoms with Crippen LogP contribution in [0.25, 0.3) is 0 Å². The summed E-state index contributed by atoms with van der Waals surface area (Å²) in [4.78, 5) is 7.76. The third-order valence-electron chi connectivity index (χ3n) is 2.04. The molecule has 0 fully saturated rings. The number of hydrogen-bond acceptors (Lipinski definition) is 5. The van der Waals surface area contributed by atoms with Crippen molar-refractivity contribution in [3.05, 3.63) is 29.3 Å². The molecule has 0 unspecified atom stereocenters. The fraction of sp³-hybridized carbons (Fsp3) is 0.222. The first-order valence-electron chi connectivity index (χ1n) is 4.89. The third-order valence-corrected chi connectivity index (χ3v) is 3.52. The van der Waals surface area contributed by atoms with Crippen LogP contribution < -0.4 is 4.72 Å². The largest absolute Gasteiger partial charge is 0.274 e. The molecule has 0 aliphatic rings. The highest BCUT2D eigenvalue weighted by molar-refractivity contribution is 7.92. The number of nitrogens with one attached hydrogen (secondary N) is 1. The second kappa shape index (κ2) is 4.54. The molecule has 0 amide bonds. The lowest BCUT2D eigenvalue weighted by Crippen LogP contribution is -2.15. The summed E-state index contributed by atoms with van der Waals surface area (Å²) in [5.41, 5.74) is 0.568. The monoisotopic (exact) mass is 287 g/mol. The topological polar surface area (TPSA) is 89.8 Å². The Morgan fingerprint density at radius 1 is 1.39 bits per heavy atom. The SMILES string of the molecule is Cc1cc(Cl)nc(NS(=O)(=O)c2cnn(C)c2)n1. The van der Waals surface area contributed by atoms with E-state index in [4.69, 9.17) is 11.6 Å². The lowest BCUT2D eigenvalue weighted by molar-refractivity contribution is 0.600. The van der Waals surface area contributed by atoms with Gasteiger partial charge in [-0.2, -0.15) is 5.10 Å². The molecule has 2 aromatic rings. The van der Waals surface area contributed by atoms with Crippen molar-refractivity contribution in [3.63, 3.8) is 0 Å². The van der Waals surface area contributed by atoms with Crippen LogP contribution in [-0.4, -0.2) is 28.2 Å². The van der Waals surface area contributed by atoms with Gasteiger partial charge in [-0.1, -0.05) is 11.6 Å². The third kappa shape index (κ3) is 2.77. The highest BCUT2D eigenvalue weighted by atomic mass is 35.5. The van der Waals surface area contributed by atoms with Gasteiger partial charge < -0.3 is 0 Å². The predicted molar refractivity (Wildman–Crippen MR) is 65.8 cm³/mol. The van der Waals surface area contributed by atoms with Crippen molar-refractivity contribution in [1.29, 1.82) is 0 Å². The number of sulfonamides is 1. The molecule has 0 saturated carbocycles. The Morgan fingerprint density at radius 2 is 2.11 bits per heavy atom. The van der Waals surface area contributed by atoms with Gasteiger partial charge in [0.05, 0.1) is 6.20 Å². The van der Waals surface area contributed by atoms with Crippen molar-refractivity contribution < 1.29 is 8.42 Å². The van der Waals surface area contributed by atoms with Crippen molar-refractivity contribution >= 4 is 27.6 Å². The molecular weight excluding hydrogens is 278 g/mol. The van der Waals surface area contributed by atoms with Crippen LogP contribution in [0.1, 0.15) is 5.69 Å². The Hall–Kier alpha value is -1.67. The first kappa shape index (κ1) is 12.8. The van der Waals surface area contributed by atoms with Crippen LogP contribution >= 0.6 is 11.6 Å². The van der Waals surface area contributed by atoms with Crippen LogP contribution in [0.15, 0.2) is 23.4 Å². The molecule has 0 aliphatic heterocycles. The normalized spacial score (nSPS) is 11.5. The van der Waals surface area contributed by atoms with E-state index in [1.807, 2.05) is 0 Å². The first-order chi connectivity index (χ1) is 8.37. The van der Waals surface area contributed by atoms with Gasteiger partial charge in [0.15, 0.2) is 0 Å². The minimum atomic E-state index is -3.74. The van der Waals surface area contributed by atoms with Crippen LogP contribution in [-0.2, 0) is 17.1 Å². The minimum Gasteiger partial charge on any atom is -0.274 e. The summed E-state index contributed by atoms with van der Waals surface area (Å²) in [5, 5.41) is 3.96. The average Bonchev–Trinajstić information content (AvgIpc) is 2.62. The Kier molecular flexibility index (Phi) is 3.22. The van der Waals surface area contributed by atoms with Gasteiger partial charge >= 0.3 is 0 Å². The van der Waals surface area contributed by atoms with E-state index in [2.05, 4.69) is 19.8 Å². The molecule has 18 heavy (non-hydrogen) atoms. The number of hydrogen-bond donors (Lipinski definition) is 1. The van der Waals surface area contributed by atoms with Gasteiger partial charge in [-0.25, -0.2) is 23.1 Å². The number of aryl methyl sites for hydroxylation is 2. The molecule has 2 heterocycles. The first-order valence-corrected chi connectivity index (χ1v) is 6.75. The summed E-state index contributed by atoms with van der Waals surface area (Å²) in [6.07, 6.45) is 2.61. The van der Waals surface area contributed by atoms with Crippen molar-refractivity contribution in [1.82, 2.24) is 19.7 Å². The molecule has 1 N–H and O–H groups in total. The van der Waals surface area contributed by atoms with Crippen LogP contribution in [0.3, 0.4) is 0 Å². The molecule has 0 radical (unpaired) electrons. The van der Waals surface area contributed by atoms with Crippen molar-refractivity contribution in [3.8, 4) is 0 Å². The smallest absolute Gasteiger partial charge is 0.267 e. The Labute approximate surface area is 109 Å². The lowest BCUT2D eigenvalue weighted by Gasteiger charge is -2.05. The average molecular weight is 288 g/mol. The van der Waals surface area contributed by atoms with Gasteiger partial charge in [0.2, 0.25) is 5.95 Å². The molecule has 2 rings (SSSR count). The number of nitrogens with zero attached hydrogens (tertiary/aromatic N) is 4. The Bertz CT molecular complexity index is 662. The molecule has 2 aromatic heterocycles. The van der Waals surface area contributed by atoms with E-state index >= 15 is 0 Å². The van der Waals surface area contributed by atoms with Gasteiger partial charge in [0.25, 0.3) is 10.0 Å². The maximum absolute atomic E-state index is 11.9. The molecule has 7 nitrogen and oxygen atoms in total. The molecule has 0 spiro atoms. The summed E-state index contributed by atoms with van der Waals surface area (Å²) >= 11 is 5.73. The van der Waals surface area contributed by atoms with Gasteiger partial charge in [0.1, 0.15) is 10.0 Å². The Balaban J connectivity index is 2.33. The molecule has 0 aliphatic carbocycles. The zero-order valence-electron chi connectivity index (χ0n) is 9.62. The zero-order chi connectivity index (χ0) is 13.3. The predicted octanol–water partition coefficient (Wildman–Crippen LogP) is 0.973. The van der Waals surface area contributed by atoms with Crippen LogP contribution in [0.2, 0.25) is 5.15 Å². The highest BCUT2D eigenvalue weighted by Crippen LogP contribution is 2.14. The molecular formula is C9H10ClN5O2S. The maximum atomic E-state index is 11.9. The van der Waals surface area contributed by atoms with E-state index in [0.717, 1.165) is 0 Å². The van der Waals surface area contributed by atoms with E-state index in [1.165, 1.54) is 23.1 Å². The van der Waals surface area contributed by atoms with E-state index in [0.29, 0.717) is 5.69 Å². The van der Waals surface area contributed by atoms with Crippen LogP contribution in [0, 0.1) is 6.92 Å². The molecule has 0 atom stereocenters. The van der Waals surface area contributed by atoms with Gasteiger partial charge in [-0.15, -0.1) is 0 Å². The van der Waals surface area contributed by atoms with Crippen molar-refractivity contribution in [2.45, 2.75) is 11.8 Å².